The molecule has 1 N–H and O–H groups in total. The van der Waals surface area contributed by atoms with E-state index in [0.717, 1.165) is 16.1 Å². The summed E-state index contributed by atoms with van der Waals surface area (Å²) in [5.74, 6) is -0.172. The number of amides is 2. The number of nitrogens with one attached hydrogen (secondary N) is 1. The third-order valence-corrected chi connectivity index (χ3v) is 5.58. The number of benzene rings is 2. The van der Waals surface area contributed by atoms with Crippen molar-refractivity contribution in [3.05, 3.63) is 65.5 Å². The summed E-state index contributed by atoms with van der Waals surface area (Å²) in [5, 5.41) is 10.6. The standard InChI is InChI=1S/C21H20N4O3S/c1-13-3-5-14(6-4-13)19(27)22-21-24-23-20(28-21)15-11-18(26)25(12-15)16-7-9-17(29-2)10-8-16/h3-10,15H,11-12H2,1-2H3,(H,22,24,27). The number of rotatable bonds is 5. The van der Waals surface area contributed by atoms with Crippen LogP contribution >= 0.6 is 11.8 Å². The van der Waals surface area contributed by atoms with Gasteiger partial charge in [-0.3, -0.25) is 14.9 Å². The first-order valence-corrected chi connectivity index (χ1v) is 10.4. The van der Waals surface area contributed by atoms with Gasteiger partial charge >= 0.3 is 6.01 Å². The van der Waals surface area contributed by atoms with E-state index in [0.29, 0.717) is 18.0 Å². The van der Waals surface area contributed by atoms with Gasteiger partial charge in [0.2, 0.25) is 11.8 Å². The summed E-state index contributed by atoms with van der Waals surface area (Å²) in [4.78, 5) is 27.6. The van der Waals surface area contributed by atoms with Crippen molar-refractivity contribution in [3.8, 4) is 0 Å². The summed E-state index contributed by atoms with van der Waals surface area (Å²) in [6, 6.07) is 15.1. The highest BCUT2D eigenvalue weighted by Gasteiger charge is 2.35. The van der Waals surface area contributed by atoms with Crippen molar-refractivity contribution in [2.24, 2.45) is 0 Å². The highest BCUT2D eigenvalue weighted by molar-refractivity contribution is 7.98. The van der Waals surface area contributed by atoms with E-state index < -0.39 is 0 Å². The van der Waals surface area contributed by atoms with Gasteiger partial charge in [-0.25, -0.2) is 0 Å². The normalized spacial score (nSPS) is 16.3. The van der Waals surface area contributed by atoms with Crippen molar-refractivity contribution < 1.29 is 14.0 Å². The van der Waals surface area contributed by atoms with Gasteiger partial charge in [-0.15, -0.1) is 16.9 Å². The molecule has 1 aromatic heterocycles. The number of carbonyl (C=O) groups is 2. The summed E-state index contributed by atoms with van der Waals surface area (Å²) in [6.07, 6.45) is 2.30. The molecule has 1 saturated heterocycles. The predicted molar refractivity (Wildman–Crippen MR) is 111 cm³/mol. The maximum absolute atomic E-state index is 12.5. The van der Waals surface area contributed by atoms with Crippen LogP contribution in [0.25, 0.3) is 0 Å². The lowest BCUT2D eigenvalue weighted by atomic mass is 10.1. The van der Waals surface area contributed by atoms with Crippen LogP contribution in [0.1, 0.15) is 34.2 Å². The van der Waals surface area contributed by atoms with Gasteiger partial charge in [0.1, 0.15) is 0 Å². The summed E-state index contributed by atoms with van der Waals surface area (Å²) in [7, 11) is 0. The first-order valence-electron chi connectivity index (χ1n) is 9.19. The topological polar surface area (TPSA) is 88.3 Å². The maximum atomic E-state index is 12.5. The Morgan fingerprint density at radius 3 is 2.55 bits per heavy atom. The lowest BCUT2D eigenvalue weighted by Gasteiger charge is -2.16. The molecule has 1 atom stereocenters. The van der Waals surface area contributed by atoms with Crippen molar-refractivity contribution in [1.82, 2.24) is 10.2 Å². The molecular formula is C21H20N4O3S. The average Bonchev–Trinajstić information content (AvgIpc) is 3.35. The molecule has 8 heteroatoms. The van der Waals surface area contributed by atoms with E-state index in [1.54, 1.807) is 28.8 Å². The summed E-state index contributed by atoms with van der Waals surface area (Å²) >= 11 is 1.65. The number of nitrogens with zero attached hydrogens (tertiary/aromatic N) is 3. The highest BCUT2D eigenvalue weighted by atomic mass is 32.2. The minimum Gasteiger partial charge on any atom is -0.407 e. The first-order chi connectivity index (χ1) is 14.0. The second kappa shape index (κ2) is 8.08. The predicted octanol–water partition coefficient (Wildman–Crippen LogP) is 3.87. The second-order valence-corrected chi connectivity index (χ2v) is 7.75. The minimum absolute atomic E-state index is 0.00958. The van der Waals surface area contributed by atoms with E-state index in [1.807, 2.05) is 49.6 Å². The molecule has 0 saturated carbocycles. The van der Waals surface area contributed by atoms with Crippen LogP contribution in [0.4, 0.5) is 11.7 Å². The molecule has 0 aliphatic carbocycles. The smallest absolute Gasteiger partial charge is 0.322 e. The molecule has 1 aliphatic rings. The summed E-state index contributed by atoms with van der Waals surface area (Å²) < 4.78 is 5.62. The lowest BCUT2D eigenvalue weighted by Crippen LogP contribution is -2.24. The zero-order valence-corrected chi connectivity index (χ0v) is 16.9. The monoisotopic (exact) mass is 408 g/mol. The molecule has 0 spiro atoms. The molecule has 1 unspecified atom stereocenters. The Labute approximate surface area is 172 Å². The van der Waals surface area contributed by atoms with Gasteiger partial charge in [-0.1, -0.05) is 22.8 Å². The Bertz CT molecular complexity index is 1030. The van der Waals surface area contributed by atoms with Gasteiger partial charge in [-0.05, 0) is 49.6 Å². The Kier molecular flexibility index (Phi) is 5.35. The maximum Gasteiger partial charge on any atom is 0.322 e. The van der Waals surface area contributed by atoms with E-state index in [-0.39, 0.29) is 30.2 Å². The zero-order valence-electron chi connectivity index (χ0n) is 16.1. The van der Waals surface area contributed by atoms with Crippen LogP contribution in [-0.2, 0) is 4.79 Å². The molecule has 1 aliphatic heterocycles. The van der Waals surface area contributed by atoms with Gasteiger partial charge in [0.05, 0.1) is 5.92 Å². The second-order valence-electron chi connectivity index (χ2n) is 6.87. The molecule has 7 nitrogen and oxygen atoms in total. The molecule has 1 fully saturated rings. The molecule has 4 rings (SSSR count). The number of hydrogen-bond donors (Lipinski definition) is 1. The van der Waals surface area contributed by atoms with E-state index in [4.69, 9.17) is 4.42 Å². The number of thioether (sulfide) groups is 1. The quantitative estimate of drug-likeness (QED) is 0.645. The Morgan fingerprint density at radius 2 is 1.86 bits per heavy atom. The van der Waals surface area contributed by atoms with E-state index in [2.05, 4.69) is 15.5 Å². The van der Waals surface area contributed by atoms with Gasteiger partial charge in [0.15, 0.2) is 0 Å². The molecule has 0 bridgehead atoms. The van der Waals surface area contributed by atoms with E-state index in [1.165, 1.54) is 0 Å². The van der Waals surface area contributed by atoms with Crippen molar-refractivity contribution >= 4 is 35.3 Å². The molecule has 0 radical (unpaired) electrons. The summed E-state index contributed by atoms with van der Waals surface area (Å²) in [5.41, 5.74) is 2.43. The van der Waals surface area contributed by atoms with Crippen LogP contribution in [0, 0.1) is 6.92 Å². The Hall–Kier alpha value is -3.13. The largest absolute Gasteiger partial charge is 0.407 e. The van der Waals surface area contributed by atoms with Crippen molar-refractivity contribution in [3.63, 3.8) is 0 Å². The fourth-order valence-corrected chi connectivity index (χ4v) is 3.62. The van der Waals surface area contributed by atoms with Gasteiger partial charge in [0, 0.05) is 29.1 Å². The molecule has 148 valence electrons. The van der Waals surface area contributed by atoms with Crippen molar-refractivity contribution in [1.29, 1.82) is 0 Å². The van der Waals surface area contributed by atoms with Crippen LogP contribution in [0.3, 0.4) is 0 Å². The van der Waals surface area contributed by atoms with Crippen molar-refractivity contribution in [2.45, 2.75) is 24.2 Å². The van der Waals surface area contributed by atoms with E-state index >= 15 is 0 Å². The van der Waals surface area contributed by atoms with Crippen LogP contribution in [0.2, 0.25) is 0 Å². The SMILES string of the molecule is CSc1ccc(N2CC(c3nnc(NC(=O)c4ccc(C)cc4)o3)CC2=O)cc1. The van der Waals surface area contributed by atoms with Gasteiger partial charge in [-0.2, -0.15) is 0 Å². The average molecular weight is 408 g/mol. The van der Waals surface area contributed by atoms with Crippen LogP contribution in [0.5, 0.6) is 0 Å². The van der Waals surface area contributed by atoms with Crippen LogP contribution < -0.4 is 10.2 Å². The van der Waals surface area contributed by atoms with E-state index in [9.17, 15) is 9.59 Å². The van der Waals surface area contributed by atoms with Gasteiger partial charge in [0.25, 0.3) is 5.91 Å². The van der Waals surface area contributed by atoms with Crippen LogP contribution in [-0.4, -0.2) is 34.8 Å². The molecule has 2 aromatic carbocycles. The molecular weight excluding hydrogens is 388 g/mol. The number of aromatic nitrogens is 2. The fourth-order valence-electron chi connectivity index (χ4n) is 3.21. The number of carbonyl (C=O) groups excluding carboxylic acids is 2. The molecule has 2 amide bonds. The Morgan fingerprint density at radius 1 is 1.14 bits per heavy atom. The fraction of sp³-hybridized carbons (Fsp3) is 0.238. The first kappa shape index (κ1) is 19.2. The molecule has 29 heavy (non-hydrogen) atoms. The van der Waals surface area contributed by atoms with Crippen LogP contribution in [0.15, 0.2) is 57.8 Å². The highest BCUT2D eigenvalue weighted by Crippen LogP contribution is 2.32. The minimum atomic E-state index is -0.321. The third kappa shape index (κ3) is 4.17. The Balaban J connectivity index is 1.43. The number of aryl methyl sites for hydroxylation is 1. The van der Waals surface area contributed by atoms with Gasteiger partial charge < -0.3 is 9.32 Å². The molecule has 3 aromatic rings. The third-order valence-electron chi connectivity index (χ3n) is 4.83. The summed E-state index contributed by atoms with van der Waals surface area (Å²) in [6.45, 7) is 2.42. The van der Waals surface area contributed by atoms with Crippen molar-refractivity contribution in [2.75, 3.05) is 23.0 Å². The number of hydrogen-bond acceptors (Lipinski definition) is 6. The lowest BCUT2D eigenvalue weighted by molar-refractivity contribution is -0.117. The molecule has 2 heterocycles. The number of anilines is 2. The zero-order chi connectivity index (χ0) is 20.4.